The second-order valence-corrected chi connectivity index (χ2v) is 4.24. The Morgan fingerprint density at radius 3 is 2.64 bits per heavy atom. The SMILES string of the molecule is CC(C)(CCl)C1CCCCO1. The summed E-state index contributed by atoms with van der Waals surface area (Å²) in [5.41, 5.74) is 0.155. The van der Waals surface area contributed by atoms with E-state index in [1.54, 1.807) is 0 Å². The standard InChI is InChI=1S/C9H17ClO/c1-9(2,7-10)8-5-3-4-6-11-8/h8H,3-7H2,1-2H3. The van der Waals surface area contributed by atoms with E-state index in [4.69, 9.17) is 16.3 Å². The number of rotatable bonds is 2. The van der Waals surface area contributed by atoms with Gasteiger partial charge in [0.15, 0.2) is 0 Å². The molecule has 0 aromatic rings. The molecular weight excluding hydrogens is 160 g/mol. The molecule has 1 aliphatic rings. The van der Waals surface area contributed by atoms with Crippen LogP contribution in [0.1, 0.15) is 33.1 Å². The van der Waals surface area contributed by atoms with Crippen LogP contribution in [0, 0.1) is 5.41 Å². The molecule has 0 saturated carbocycles. The molecule has 0 amide bonds. The summed E-state index contributed by atoms with van der Waals surface area (Å²) in [6.07, 6.45) is 4.08. The second kappa shape index (κ2) is 3.77. The molecule has 2 heteroatoms. The van der Waals surface area contributed by atoms with Crippen molar-refractivity contribution in [1.29, 1.82) is 0 Å². The van der Waals surface area contributed by atoms with E-state index in [0.29, 0.717) is 12.0 Å². The fourth-order valence-corrected chi connectivity index (χ4v) is 1.62. The molecule has 0 aromatic heterocycles. The van der Waals surface area contributed by atoms with Crippen LogP contribution in [0.25, 0.3) is 0 Å². The van der Waals surface area contributed by atoms with Gasteiger partial charge in [-0.3, -0.25) is 0 Å². The smallest absolute Gasteiger partial charge is 0.0637 e. The molecule has 1 unspecified atom stereocenters. The van der Waals surface area contributed by atoms with Gasteiger partial charge >= 0.3 is 0 Å². The van der Waals surface area contributed by atoms with Crippen LogP contribution in [-0.2, 0) is 4.74 Å². The van der Waals surface area contributed by atoms with Gasteiger partial charge in [-0.1, -0.05) is 13.8 Å². The second-order valence-electron chi connectivity index (χ2n) is 3.98. The molecule has 1 rings (SSSR count). The molecule has 1 nitrogen and oxygen atoms in total. The van der Waals surface area contributed by atoms with Crippen LogP contribution in [-0.4, -0.2) is 18.6 Å². The Labute approximate surface area is 74.1 Å². The molecule has 0 bridgehead atoms. The van der Waals surface area contributed by atoms with Crippen molar-refractivity contribution in [2.24, 2.45) is 5.41 Å². The largest absolute Gasteiger partial charge is 0.378 e. The fourth-order valence-electron chi connectivity index (χ4n) is 1.44. The third-order valence-corrected chi connectivity index (χ3v) is 3.08. The highest BCUT2D eigenvalue weighted by Crippen LogP contribution is 2.30. The summed E-state index contributed by atoms with van der Waals surface area (Å²) in [5, 5.41) is 0. The zero-order valence-corrected chi connectivity index (χ0v) is 8.16. The van der Waals surface area contributed by atoms with Gasteiger partial charge in [0.05, 0.1) is 6.10 Å². The number of alkyl halides is 1. The van der Waals surface area contributed by atoms with Crippen LogP contribution >= 0.6 is 11.6 Å². The van der Waals surface area contributed by atoms with Crippen molar-refractivity contribution >= 4 is 11.6 Å². The molecule has 0 spiro atoms. The van der Waals surface area contributed by atoms with Crippen molar-refractivity contribution in [2.75, 3.05) is 12.5 Å². The van der Waals surface area contributed by atoms with Gasteiger partial charge in [0, 0.05) is 17.9 Å². The third kappa shape index (κ3) is 2.34. The Kier molecular flexibility index (Phi) is 3.20. The first kappa shape index (κ1) is 9.34. The lowest BCUT2D eigenvalue weighted by molar-refractivity contribution is -0.0460. The monoisotopic (exact) mass is 176 g/mol. The fraction of sp³-hybridized carbons (Fsp3) is 1.00. The molecule has 1 aliphatic heterocycles. The zero-order chi connectivity index (χ0) is 8.32. The highest BCUT2D eigenvalue weighted by molar-refractivity contribution is 6.18. The number of hydrogen-bond donors (Lipinski definition) is 0. The Morgan fingerprint density at radius 2 is 2.18 bits per heavy atom. The van der Waals surface area contributed by atoms with Crippen molar-refractivity contribution < 1.29 is 4.74 Å². The van der Waals surface area contributed by atoms with E-state index in [2.05, 4.69) is 13.8 Å². The van der Waals surface area contributed by atoms with Crippen LogP contribution in [0.15, 0.2) is 0 Å². The maximum absolute atomic E-state index is 5.85. The maximum atomic E-state index is 5.85. The molecule has 1 atom stereocenters. The first-order valence-electron chi connectivity index (χ1n) is 4.34. The van der Waals surface area contributed by atoms with E-state index >= 15 is 0 Å². The molecule has 0 radical (unpaired) electrons. The predicted octanol–water partition coefficient (Wildman–Crippen LogP) is 2.82. The van der Waals surface area contributed by atoms with Crippen LogP contribution in [0.3, 0.4) is 0 Å². The molecule has 11 heavy (non-hydrogen) atoms. The lowest BCUT2D eigenvalue weighted by Gasteiger charge is -2.35. The van der Waals surface area contributed by atoms with E-state index in [1.807, 2.05) is 0 Å². The van der Waals surface area contributed by atoms with Crippen LogP contribution < -0.4 is 0 Å². The van der Waals surface area contributed by atoms with Crippen molar-refractivity contribution in [3.63, 3.8) is 0 Å². The van der Waals surface area contributed by atoms with E-state index < -0.39 is 0 Å². The molecule has 1 saturated heterocycles. The van der Waals surface area contributed by atoms with E-state index in [-0.39, 0.29) is 5.41 Å². The minimum Gasteiger partial charge on any atom is -0.378 e. The third-order valence-electron chi connectivity index (χ3n) is 2.40. The molecule has 1 fully saturated rings. The average molecular weight is 177 g/mol. The van der Waals surface area contributed by atoms with Crippen molar-refractivity contribution in [3.8, 4) is 0 Å². The van der Waals surface area contributed by atoms with Gasteiger partial charge in [-0.25, -0.2) is 0 Å². The van der Waals surface area contributed by atoms with Gasteiger partial charge < -0.3 is 4.74 Å². The lowest BCUT2D eigenvalue weighted by atomic mass is 9.85. The first-order chi connectivity index (χ1) is 5.17. The molecule has 66 valence electrons. The summed E-state index contributed by atoms with van der Waals surface area (Å²) in [4.78, 5) is 0. The number of ether oxygens (including phenoxy) is 1. The van der Waals surface area contributed by atoms with Gasteiger partial charge in [0.2, 0.25) is 0 Å². The highest BCUT2D eigenvalue weighted by Gasteiger charge is 2.30. The Balaban J connectivity index is 2.43. The topological polar surface area (TPSA) is 9.23 Å². The predicted molar refractivity (Wildman–Crippen MR) is 48.1 cm³/mol. The first-order valence-corrected chi connectivity index (χ1v) is 4.88. The van der Waals surface area contributed by atoms with Crippen LogP contribution in [0.5, 0.6) is 0 Å². The van der Waals surface area contributed by atoms with Gasteiger partial charge in [0.1, 0.15) is 0 Å². The van der Waals surface area contributed by atoms with Crippen molar-refractivity contribution in [1.82, 2.24) is 0 Å². The number of hydrogen-bond acceptors (Lipinski definition) is 1. The van der Waals surface area contributed by atoms with E-state index in [1.165, 1.54) is 19.3 Å². The lowest BCUT2D eigenvalue weighted by Crippen LogP contribution is -2.36. The summed E-state index contributed by atoms with van der Waals surface area (Å²) >= 11 is 5.85. The highest BCUT2D eigenvalue weighted by atomic mass is 35.5. The summed E-state index contributed by atoms with van der Waals surface area (Å²) in [6.45, 7) is 5.27. The summed E-state index contributed by atoms with van der Waals surface area (Å²) in [7, 11) is 0. The maximum Gasteiger partial charge on any atom is 0.0637 e. The van der Waals surface area contributed by atoms with Gasteiger partial charge in [-0.2, -0.15) is 0 Å². The van der Waals surface area contributed by atoms with E-state index in [0.717, 1.165) is 6.61 Å². The van der Waals surface area contributed by atoms with Gasteiger partial charge in [-0.15, -0.1) is 11.6 Å². The Bertz CT molecular complexity index is 117. The number of halogens is 1. The normalized spacial score (nSPS) is 27.0. The Hall–Kier alpha value is 0.250. The summed E-state index contributed by atoms with van der Waals surface area (Å²) in [5.74, 6) is 0.692. The Morgan fingerprint density at radius 1 is 1.45 bits per heavy atom. The average Bonchev–Trinajstić information content (AvgIpc) is 2.06. The van der Waals surface area contributed by atoms with E-state index in [9.17, 15) is 0 Å². The molecule has 0 aliphatic carbocycles. The van der Waals surface area contributed by atoms with Crippen LogP contribution in [0.4, 0.5) is 0 Å². The van der Waals surface area contributed by atoms with Gasteiger partial charge in [0.25, 0.3) is 0 Å². The minimum absolute atomic E-state index is 0.155. The molecule has 0 N–H and O–H groups in total. The zero-order valence-electron chi connectivity index (χ0n) is 7.40. The quantitative estimate of drug-likeness (QED) is 0.588. The van der Waals surface area contributed by atoms with Crippen molar-refractivity contribution in [2.45, 2.75) is 39.2 Å². The summed E-state index contributed by atoms with van der Waals surface area (Å²) in [6, 6.07) is 0. The van der Waals surface area contributed by atoms with Crippen molar-refractivity contribution in [3.05, 3.63) is 0 Å². The molecular formula is C9H17ClO. The minimum atomic E-state index is 0.155. The van der Waals surface area contributed by atoms with Crippen LogP contribution in [0.2, 0.25) is 0 Å². The molecule has 0 aromatic carbocycles. The summed E-state index contributed by atoms with van der Waals surface area (Å²) < 4.78 is 5.65. The van der Waals surface area contributed by atoms with Gasteiger partial charge in [-0.05, 0) is 19.3 Å². The molecule has 1 heterocycles.